The lowest BCUT2D eigenvalue weighted by molar-refractivity contribution is 0.687. The monoisotopic (exact) mass is 479 g/mol. The molecule has 0 aliphatic carbocycles. The van der Waals surface area contributed by atoms with Crippen LogP contribution in [-0.2, 0) is 5.41 Å². The number of pyridine rings is 2. The SMILES string of the molecule is CC(C)(C#N)c1ccc(-n2c3c4cc(-c5cnc6ccccc6c5)ccc4ncc3n3cnnc23)cc1. The van der Waals surface area contributed by atoms with Crippen molar-refractivity contribution >= 4 is 38.6 Å². The summed E-state index contributed by atoms with van der Waals surface area (Å²) in [4.78, 5) is 9.41. The molecule has 0 fully saturated rings. The average Bonchev–Trinajstić information content (AvgIpc) is 3.54. The highest BCUT2D eigenvalue weighted by Gasteiger charge is 2.21. The fourth-order valence-corrected chi connectivity index (χ4v) is 4.98. The van der Waals surface area contributed by atoms with Crippen LogP contribution in [0, 0.1) is 11.3 Å². The molecule has 7 nitrogen and oxygen atoms in total. The standard InChI is InChI=1S/C30H21N7/c1-30(2,17-31)22-8-10-23(11-9-22)37-28-24-14-19(21-13-20-5-3-4-6-25(20)32-15-21)7-12-26(24)33-16-27(28)36-18-34-35-29(36)37/h3-16,18H,1-2H3. The first-order valence-electron chi connectivity index (χ1n) is 12.0. The second-order valence-electron chi connectivity index (χ2n) is 9.76. The largest absolute Gasteiger partial charge is 0.276 e. The third-order valence-electron chi connectivity index (χ3n) is 7.08. The molecule has 0 radical (unpaired) electrons. The van der Waals surface area contributed by atoms with E-state index in [2.05, 4.69) is 56.1 Å². The third-order valence-corrected chi connectivity index (χ3v) is 7.08. The van der Waals surface area contributed by atoms with Crippen molar-refractivity contribution in [1.82, 2.24) is 29.1 Å². The molecule has 0 spiro atoms. The van der Waals surface area contributed by atoms with E-state index >= 15 is 0 Å². The van der Waals surface area contributed by atoms with Gasteiger partial charge < -0.3 is 0 Å². The Balaban J connectivity index is 1.49. The maximum Gasteiger partial charge on any atom is 0.241 e. The molecule has 0 saturated heterocycles. The first-order chi connectivity index (χ1) is 18.0. The van der Waals surface area contributed by atoms with Crippen LogP contribution in [-0.4, -0.2) is 29.1 Å². The first kappa shape index (κ1) is 21.2. The second-order valence-corrected chi connectivity index (χ2v) is 9.76. The number of imidazole rings is 1. The number of nitriles is 1. The van der Waals surface area contributed by atoms with Crippen LogP contribution in [0.4, 0.5) is 0 Å². The van der Waals surface area contributed by atoms with Crippen LogP contribution >= 0.6 is 0 Å². The summed E-state index contributed by atoms with van der Waals surface area (Å²) in [6.07, 6.45) is 5.50. The maximum absolute atomic E-state index is 9.56. The van der Waals surface area contributed by atoms with E-state index in [-0.39, 0.29) is 0 Å². The summed E-state index contributed by atoms with van der Waals surface area (Å²) in [6.45, 7) is 3.85. The van der Waals surface area contributed by atoms with Gasteiger partial charge in [-0.1, -0.05) is 36.4 Å². The smallest absolute Gasteiger partial charge is 0.241 e. The van der Waals surface area contributed by atoms with E-state index in [4.69, 9.17) is 4.98 Å². The van der Waals surface area contributed by atoms with Crippen LogP contribution in [0.5, 0.6) is 0 Å². The summed E-state index contributed by atoms with van der Waals surface area (Å²) in [7, 11) is 0. The number of hydrogen-bond acceptors (Lipinski definition) is 5. The van der Waals surface area contributed by atoms with Crippen molar-refractivity contribution in [1.29, 1.82) is 5.26 Å². The van der Waals surface area contributed by atoms with Crippen LogP contribution in [0.1, 0.15) is 19.4 Å². The van der Waals surface area contributed by atoms with Gasteiger partial charge in [0.05, 0.1) is 39.7 Å². The lowest BCUT2D eigenvalue weighted by atomic mass is 9.86. The molecule has 3 aromatic carbocycles. The second kappa shape index (κ2) is 7.70. The predicted octanol–water partition coefficient (Wildman–Crippen LogP) is 6.24. The molecule has 0 aliphatic heterocycles. The molecule has 4 heterocycles. The summed E-state index contributed by atoms with van der Waals surface area (Å²) >= 11 is 0. The molecule has 7 rings (SSSR count). The lowest BCUT2D eigenvalue weighted by Gasteiger charge is -2.16. The number of nitrogens with zero attached hydrogens (tertiary/aromatic N) is 7. The highest BCUT2D eigenvalue weighted by atomic mass is 15.3. The van der Waals surface area contributed by atoms with Crippen molar-refractivity contribution in [2.24, 2.45) is 0 Å². The number of aromatic nitrogens is 6. The number of hydrogen-bond donors (Lipinski definition) is 0. The van der Waals surface area contributed by atoms with E-state index in [1.54, 1.807) is 6.33 Å². The zero-order valence-corrected chi connectivity index (χ0v) is 20.3. The van der Waals surface area contributed by atoms with Crippen molar-refractivity contribution in [3.05, 3.63) is 97.1 Å². The number of rotatable bonds is 3. The minimum atomic E-state index is -0.569. The van der Waals surface area contributed by atoms with Crippen LogP contribution in [0.3, 0.4) is 0 Å². The van der Waals surface area contributed by atoms with Gasteiger partial charge in [-0.2, -0.15) is 5.26 Å². The van der Waals surface area contributed by atoms with Gasteiger partial charge >= 0.3 is 0 Å². The molecule has 37 heavy (non-hydrogen) atoms. The Labute approximate surface area is 212 Å². The van der Waals surface area contributed by atoms with Gasteiger partial charge in [-0.3, -0.25) is 18.9 Å². The van der Waals surface area contributed by atoms with Gasteiger partial charge in [0.25, 0.3) is 0 Å². The van der Waals surface area contributed by atoms with Crippen molar-refractivity contribution < 1.29 is 0 Å². The van der Waals surface area contributed by atoms with Gasteiger partial charge in [-0.25, -0.2) is 0 Å². The third kappa shape index (κ3) is 3.20. The summed E-state index contributed by atoms with van der Waals surface area (Å²) in [6, 6.07) is 27.1. The van der Waals surface area contributed by atoms with E-state index < -0.39 is 5.41 Å². The van der Waals surface area contributed by atoms with E-state index in [9.17, 15) is 5.26 Å². The van der Waals surface area contributed by atoms with Crippen molar-refractivity contribution in [3.63, 3.8) is 0 Å². The highest BCUT2D eigenvalue weighted by molar-refractivity contribution is 6.06. The fourth-order valence-electron chi connectivity index (χ4n) is 4.98. The number of fused-ring (bicyclic) bond motifs is 6. The van der Waals surface area contributed by atoms with Crippen molar-refractivity contribution in [2.45, 2.75) is 19.3 Å². The first-order valence-corrected chi connectivity index (χ1v) is 12.0. The maximum atomic E-state index is 9.56. The molecular weight excluding hydrogens is 458 g/mol. The minimum Gasteiger partial charge on any atom is -0.276 e. The molecule has 0 N–H and O–H groups in total. The Hall–Kier alpha value is -5.09. The van der Waals surface area contributed by atoms with Crippen LogP contribution in [0.2, 0.25) is 0 Å². The van der Waals surface area contributed by atoms with Gasteiger partial charge in [-0.05, 0) is 61.4 Å². The highest BCUT2D eigenvalue weighted by Crippen LogP contribution is 2.33. The fraction of sp³-hybridized carbons (Fsp3) is 0.100. The zero-order chi connectivity index (χ0) is 25.1. The van der Waals surface area contributed by atoms with E-state index in [1.807, 2.05) is 73.1 Å². The molecule has 176 valence electrons. The molecule has 0 atom stereocenters. The van der Waals surface area contributed by atoms with Gasteiger partial charge in [0.15, 0.2) is 0 Å². The topological polar surface area (TPSA) is 84.7 Å². The molecule has 7 aromatic rings. The van der Waals surface area contributed by atoms with Crippen LogP contribution in [0.25, 0.3) is 55.4 Å². The predicted molar refractivity (Wildman–Crippen MR) is 144 cm³/mol. The molecule has 7 heteroatoms. The zero-order valence-electron chi connectivity index (χ0n) is 20.3. The van der Waals surface area contributed by atoms with Gasteiger partial charge in [0.1, 0.15) is 6.33 Å². The van der Waals surface area contributed by atoms with Gasteiger partial charge in [0, 0.05) is 28.2 Å². The lowest BCUT2D eigenvalue weighted by Crippen LogP contribution is -2.13. The molecular formula is C30H21N7. The Morgan fingerprint density at radius 3 is 2.49 bits per heavy atom. The number of para-hydroxylation sites is 1. The Morgan fingerprint density at radius 1 is 0.838 bits per heavy atom. The van der Waals surface area contributed by atoms with Crippen molar-refractivity contribution in [3.8, 4) is 22.9 Å². The molecule has 0 aliphatic rings. The van der Waals surface area contributed by atoms with E-state index in [0.717, 1.165) is 55.2 Å². The molecule has 0 bridgehead atoms. The summed E-state index contributed by atoms with van der Waals surface area (Å²) in [5.74, 6) is 0.703. The van der Waals surface area contributed by atoms with E-state index in [1.165, 1.54) is 0 Å². The Morgan fingerprint density at radius 2 is 1.65 bits per heavy atom. The minimum absolute atomic E-state index is 0.569. The molecule has 0 unspecified atom stereocenters. The normalized spacial score (nSPS) is 12.0. The Kier molecular flexibility index (Phi) is 4.42. The van der Waals surface area contributed by atoms with Crippen molar-refractivity contribution in [2.75, 3.05) is 0 Å². The molecule has 0 saturated carbocycles. The van der Waals surface area contributed by atoms with Gasteiger partial charge in [0.2, 0.25) is 5.78 Å². The molecule has 4 aromatic heterocycles. The Bertz CT molecular complexity index is 2020. The van der Waals surface area contributed by atoms with Crippen LogP contribution in [0.15, 0.2) is 91.5 Å². The van der Waals surface area contributed by atoms with Gasteiger partial charge in [-0.15, -0.1) is 10.2 Å². The quantitative estimate of drug-likeness (QED) is 0.300. The van der Waals surface area contributed by atoms with E-state index in [0.29, 0.717) is 5.78 Å². The summed E-state index contributed by atoms with van der Waals surface area (Å²) in [5, 5.41) is 20.3. The summed E-state index contributed by atoms with van der Waals surface area (Å²) in [5.41, 5.74) is 7.23. The molecule has 0 amide bonds. The van der Waals surface area contributed by atoms with Crippen LogP contribution < -0.4 is 0 Å². The average molecular weight is 480 g/mol. The number of benzene rings is 3. The summed E-state index contributed by atoms with van der Waals surface area (Å²) < 4.78 is 4.07.